The fourth-order valence-corrected chi connectivity index (χ4v) is 1.85. The van der Waals surface area contributed by atoms with E-state index in [9.17, 15) is 0 Å². The van der Waals surface area contributed by atoms with Crippen molar-refractivity contribution in [1.82, 2.24) is 15.3 Å². The van der Waals surface area contributed by atoms with E-state index < -0.39 is 0 Å². The van der Waals surface area contributed by atoms with Crippen LogP contribution in [0.5, 0.6) is 0 Å². The van der Waals surface area contributed by atoms with Crippen molar-refractivity contribution in [2.24, 2.45) is 0 Å². The van der Waals surface area contributed by atoms with Gasteiger partial charge in [0.1, 0.15) is 11.6 Å². The van der Waals surface area contributed by atoms with Crippen LogP contribution in [0.1, 0.15) is 18.4 Å². The Morgan fingerprint density at radius 1 is 1.33 bits per heavy atom. The number of hydrogen-bond acceptors (Lipinski definition) is 4. The van der Waals surface area contributed by atoms with Gasteiger partial charge in [-0.1, -0.05) is 6.92 Å². The van der Waals surface area contributed by atoms with Crippen LogP contribution >= 0.6 is 0 Å². The number of aryl methyl sites for hydroxylation is 2. The first-order valence-electron chi connectivity index (χ1n) is 5.60. The Morgan fingerprint density at radius 2 is 2.07 bits per heavy atom. The van der Waals surface area contributed by atoms with Crippen molar-refractivity contribution in [2.75, 3.05) is 31.1 Å². The molecule has 1 aliphatic rings. The van der Waals surface area contributed by atoms with Crippen molar-refractivity contribution < 1.29 is 0 Å². The minimum atomic E-state index is 0.878. The van der Waals surface area contributed by atoms with Gasteiger partial charge in [-0.2, -0.15) is 0 Å². The summed E-state index contributed by atoms with van der Waals surface area (Å²) in [5.41, 5.74) is 1.14. The number of anilines is 1. The van der Waals surface area contributed by atoms with E-state index in [2.05, 4.69) is 33.2 Å². The lowest BCUT2D eigenvalue weighted by Gasteiger charge is -2.28. The molecule has 0 bridgehead atoms. The van der Waals surface area contributed by atoms with E-state index in [4.69, 9.17) is 0 Å². The molecule has 1 saturated heterocycles. The van der Waals surface area contributed by atoms with Crippen LogP contribution in [-0.2, 0) is 6.42 Å². The lowest BCUT2D eigenvalue weighted by Crippen LogP contribution is -2.44. The van der Waals surface area contributed by atoms with Crippen molar-refractivity contribution >= 4 is 5.82 Å². The Kier molecular flexibility index (Phi) is 3.16. The molecule has 2 rings (SSSR count). The monoisotopic (exact) mass is 206 g/mol. The molecule has 0 unspecified atom stereocenters. The Balaban J connectivity index is 2.22. The summed E-state index contributed by atoms with van der Waals surface area (Å²) in [6.45, 7) is 8.27. The van der Waals surface area contributed by atoms with Crippen LogP contribution in [0.25, 0.3) is 0 Å². The van der Waals surface area contributed by atoms with Gasteiger partial charge >= 0.3 is 0 Å². The van der Waals surface area contributed by atoms with E-state index in [-0.39, 0.29) is 0 Å². The van der Waals surface area contributed by atoms with Crippen LogP contribution in [-0.4, -0.2) is 36.1 Å². The predicted molar refractivity (Wildman–Crippen MR) is 61.2 cm³/mol. The van der Waals surface area contributed by atoms with Crippen LogP contribution in [0, 0.1) is 6.92 Å². The molecule has 1 aliphatic heterocycles. The minimum absolute atomic E-state index is 0.878. The number of rotatable bonds is 2. The number of piperazine rings is 1. The first-order valence-corrected chi connectivity index (χ1v) is 5.60. The molecular formula is C11H18N4. The maximum atomic E-state index is 4.49. The Labute approximate surface area is 90.7 Å². The minimum Gasteiger partial charge on any atom is -0.354 e. The molecule has 1 fully saturated rings. The summed E-state index contributed by atoms with van der Waals surface area (Å²) in [4.78, 5) is 11.2. The molecule has 1 aromatic rings. The van der Waals surface area contributed by atoms with E-state index in [0.717, 1.165) is 49.9 Å². The SMILES string of the molecule is CCc1cc(N2CCNCC2)nc(C)n1. The molecule has 0 aliphatic carbocycles. The molecule has 1 aromatic heterocycles. The Hall–Kier alpha value is -1.16. The summed E-state index contributed by atoms with van der Waals surface area (Å²) < 4.78 is 0. The normalized spacial score (nSPS) is 16.8. The van der Waals surface area contributed by atoms with Crippen molar-refractivity contribution in [2.45, 2.75) is 20.3 Å². The van der Waals surface area contributed by atoms with E-state index in [1.807, 2.05) is 6.92 Å². The highest BCUT2D eigenvalue weighted by molar-refractivity contribution is 5.40. The van der Waals surface area contributed by atoms with Crippen LogP contribution in [0.15, 0.2) is 6.07 Å². The van der Waals surface area contributed by atoms with Crippen LogP contribution in [0.3, 0.4) is 0 Å². The van der Waals surface area contributed by atoms with Crippen molar-refractivity contribution in [3.8, 4) is 0 Å². The molecule has 2 heterocycles. The van der Waals surface area contributed by atoms with Crippen LogP contribution in [0.4, 0.5) is 5.82 Å². The second-order valence-electron chi connectivity index (χ2n) is 3.86. The molecule has 0 saturated carbocycles. The third kappa shape index (κ3) is 2.45. The average Bonchev–Trinajstić information content (AvgIpc) is 2.29. The average molecular weight is 206 g/mol. The van der Waals surface area contributed by atoms with Gasteiger partial charge < -0.3 is 10.2 Å². The van der Waals surface area contributed by atoms with Crippen LogP contribution in [0.2, 0.25) is 0 Å². The predicted octanol–water partition coefficient (Wildman–Crippen LogP) is 0.757. The summed E-state index contributed by atoms with van der Waals surface area (Å²) in [5, 5.41) is 3.34. The largest absolute Gasteiger partial charge is 0.354 e. The summed E-state index contributed by atoms with van der Waals surface area (Å²) >= 11 is 0. The first-order chi connectivity index (χ1) is 7.29. The molecule has 0 atom stereocenters. The third-order valence-corrected chi connectivity index (χ3v) is 2.68. The summed E-state index contributed by atoms with van der Waals surface area (Å²) in [6, 6.07) is 2.11. The van der Waals surface area contributed by atoms with Gasteiger partial charge in [0.25, 0.3) is 0 Å². The lowest BCUT2D eigenvalue weighted by atomic mass is 10.3. The van der Waals surface area contributed by atoms with E-state index in [1.54, 1.807) is 0 Å². The number of aromatic nitrogens is 2. The second-order valence-corrected chi connectivity index (χ2v) is 3.86. The Bertz CT molecular complexity index is 331. The van der Waals surface area contributed by atoms with Crippen molar-refractivity contribution in [1.29, 1.82) is 0 Å². The molecule has 0 aromatic carbocycles. The summed E-state index contributed by atoms with van der Waals surface area (Å²) in [6.07, 6.45) is 0.975. The topological polar surface area (TPSA) is 41.0 Å². The Morgan fingerprint density at radius 3 is 2.73 bits per heavy atom. The summed E-state index contributed by atoms with van der Waals surface area (Å²) in [7, 11) is 0. The van der Waals surface area contributed by atoms with Crippen molar-refractivity contribution in [3.63, 3.8) is 0 Å². The van der Waals surface area contributed by atoms with Gasteiger partial charge in [-0.15, -0.1) is 0 Å². The third-order valence-electron chi connectivity index (χ3n) is 2.68. The van der Waals surface area contributed by atoms with Gasteiger partial charge in [-0.25, -0.2) is 9.97 Å². The van der Waals surface area contributed by atoms with E-state index >= 15 is 0 Å². The molecule has 1 N–H and O–H groups in total. The fourth-order valence-electron chi connectivity index (χ4n) is 1.85. The smallest absolute Gasteiger partial charge is 0.132 e. The highest BCUT2D eigenvalue weighted by atomic mass is 15.2. The first kappa shape index (κ1) is 10.4. The van der Waals surface area contributed by atoms with Gasteiger partial charge in [0, 0.05) is 37.9 Å². The molecule has 4 nitrogen and oxygen atoms in total. The highest BCUT2D eigenvalue weighted by Gasteiger charge is 2.12. The second kappa shape index (κ2) is 4.57. The molecule has 0 radical (unpaired) electrons. The van der Waals surface area contributed by atoms with Crippen molar-refractivity contribution in [3.05, 3.63) is 17.6 Å². The number of nitrogens with zero attached hydrogens (tertiary/aromatic N) is 3. The molecule has 0 spiro atoms. The molecule has 15 heavy (non-hydrogen) atoms. The molecule has 0 amide bonds. The fraction of sp³-hybridized carbons (Fsp3) is 0.636. The van der Waals surface area contributed by atoms with Gasteiger partial charge in [0.05, 0.1) is 0 Å². The lowest BCUT2D eigenvalue weighted by molar-refractivity contribution is 0.583. The van der Waals surface area contributed by atoms with Gasteiger partial charge in [-0.3, -0.25) is 0 Å². The van der Waals surface area contributed by atoms with Gasteiger partial charge in [0.2, 0.25) is 0 Å². The zero-order valence-electron chi connectivity index (χ0n) is 9.45. The standard InChI is InChI=1S/C11H18N4/c1-3-10-8-11(14-9(2)13-10)15-6-4-12-5-7-15/h8,12H,3-7H2,1-2H3. The summed E-state index contributed by atoms with van der Waals surface area (Å²) in [5.74, 6) is 1.96. The van der Waals surface area contributed by atoms with Gasteiger partial charge in [-0.05, 0) is 13.3 Å². The number of nitrogens with one attached hydrogen (secondary N) is 1. The van der Waals surface area contributed by atoms with E-state index in [0.29, 0.717) is 0 Å². The highest BCUT2D eigenvalue weighted by Crippen LogP contribution is 2.13. The molecule has 4 heteroatoms. The van der Waals surface area contributed by atoms with Gasteiger partial charge in [0.15, 0.2) is 0 Å². The molecule has 82 valence electrons. The molecular weight excluding hydrogens is 188 g/mol. The quantitative estimate of drug-likeness (QED) is 0.775. The van der Waals surface area contributed by atoms with E-state index in [1.165, 1.54) is 0 Å². The zero-order valence-corrected chi connectivity index (χ0v) is 9.45. The van der Waals surface area contributed by atoms with Crippen LogP contribution < -0.4 is 10.2 Å². The maximum Gasteiger partial charge on any atom is 0.132 e. The maximum absolute atomic E-state index is 4.49. The number of hydrogen-bond donors (Lipinski definition) is 1. The zero-order chi connectivity index (χ0) is 10.7.